The fourth-order valence-corrected chi connectivity index (χ4v) is 3.24. The minimum atomic E-state index is 0.0961. The molecule has 2 heterocycles. The van der Waals surface area contributed by atoms with Crippen LogP contribution in [0.2, 0.25) is 0 Å². The lowest BCUT2D eigenvalue weighted by atomic mass is 9.97. The molecule has 118 valence electrons. The molecule has 4 nitrogen and oxygen atoms in total. The summed E-state index contributed by atoms with van der Waals surface area (Å²) in [5, 5.41) is 3.68. The zero-order valence-corrected chi connectivity index (χ0v) is 13.6. The summed E-state index contributed by atoms with van der Waals surface area (Å²) in [5.74, 6) is 0.632. The smallest absolute Gasteiger partial charge is 0.250 e. The molecule has 4 heteroatoms. The molecular formula is C17H29N3O. The minimum Gasteiger partial charge on any atom is -0.314 e. The van der Waals surface area contributed by atoms with Crippen LogP contribution in [0, 0.1) is 5.92 Å². The summed E-state index contributed by atoms with van der Waals surface area (Å²) >= 11 is 0. The molecule has 1 aliphatic rings. The SMILES string of the molecule is CCCC1CN(CCn2ccccc2=O)C(C(C)C)CN1. The molecule has 0 radical (unpaired) electrons. The van der Waals surface area contributed by atoms with Gasteiger partial charge in [-0.2, -0.15) is 0 Å². The summed E-state index contributed by atoms with van der Waals surface area (Å²) < 4.78 is 1.81. The summed E-state index contributed by atoms with van der Waals surface area (Å²) in [6.45, 7) is 10.7. The van der Waals surface area contributed by atoms with E-state index in [2.05, 4.69) is 31.0 Å². The van der Waals surface area contributed by atoms with Crippen LogP contribution in [0.1, 0.15) is 33.6 Å². The highest BCUT2D eigenvalue weighted by Gasteiger charge is 2.28. The van der Waals surface area contributed by atoms with E-state index in [9.17, 15) is 4.79 Å². The van der Waals surface area contributed by atoms with Gasteiger partial charge in [-0.05, 0) is 18.4 Å². The summed E-state index contributed by atoms with van der Waals surface area (Å²) in [7, 11) is 0. The largest absolute Gasteiger partial charge is 0.314 e. The van der Waals surface area contributed by atoms with E-state index in [0.29, 0.717) is 18.0 Å². The van der Waals surface area contributed by atoms with Crippen LogP contribution in [0.4, 0.5) is 0 Å². The third-order valence-corrected chi connectivity index (χ3v) is 4.47. The predicted octanol–water partition coefficient (Wildman–Crippen LogP) is 1.95. The number of piperazine rings is 1. The molecule has 0 aromatic carbocycles. The van der Waals surface area contributed by atoms with Crippen molar-refractivity contribution in [3.05, 3.63) is 34.7 Å². The molecule has 0 aliphatic carbocycles. The summed E-state index contributed by atoms with van der Waals surface area (Å²) in [5.41, 5.74) is 0.0961. The number of nitrogens with zero attached hydrogens (tertiary/aromatic N) is 2. The summed E-state index contributed by atoms with van der Waals surface area (Å²) in [6.07, 6.45) is 4.33. The van der Waals surface area contributed by atoms with Crippen molar-refractivity contribution in [1.29, 1.82) is 0 Å². The highest BCUT2D eigenvalue weighted by atomic mass is 16.1. The van der Waals surface area contributed by atoms with E-state index in [1.807, 2.05) is 16.8 Å². The van der Waals surface area contributed by atoms with Crippen LogP contribution < -0.4 is 10.9 Å². The van der Waals surface area contributed by atoms with Gasteiger partial charge in [0.15, 0.2) is 0 Å². The zero-order valence-electron chi connectivity index (χ0n) is 13.6. The van der Waals surface area contributed by atoms with Crippen molar-refractivity contribution in [2.24, 2.45) is 5.92 Å². The fourth-order valence-electron chi connectivity index (χ4n) is 3.24. The first kappa shape index (κ1) is 16.2. The Labute approximate surface area is 128 Å². The average molecular weight is 291 g/mol. The highest BCUT2D eigenvalue weighted by Crippen LogP contribution is 2.16. The maximum absolute atomic E-state index is 11.8. The molecule has 21 heavy (non-hydrogen) atoms. The molecule has 1 N–H and O–H groups in total. The Balaban J connectivity index is 1.99. The molecule has 1 saturated heterocycles. The van der Waals surface area contributed by atoms with Gasteiger partial charge in [0.2, 0.25) is 0 Å². The van der Waals surface area contributed by atoms with Crippen LogP contribution in [0.25, 0.3) is 0 Å². The fraction of sp³-hybridized carbons (Fsp3) is 0.706. The van der Waals surface area contributed by atoms with E-state index >= 15 is 0 Å². The number of rotatable bonds is 6. The predicted molar refractivity (Wildman–Crippen MR) is 87.6 cm³/mol. The van der Waals surface area contributed by atoms with Crippen molar-refractivity contribution in [1.82, 2.24) is 14.8 Å². The Bertz CT molecular complexity index is 483. The first-order chi connectivity index (χ1) is 10.1. The van der Waals surface area contributed by atoms with E-state index in [-0.39, 0.29) is 5.56 Å². The van der Waals surface area contributed by atoms with Gasteiger partial charge in [-0.1, -0.05) is 33.3 Å². The number of hydrogen-bond acceptors (Lipinski definition) is 3. The van der Waals surface area contributed by atoms with Gasteiger partial charge in [-0.15, -0.1) is 0 Å². The second-order valence-corrected chi connectivity index (χ2v) is 6.43. The van der Waals surface area contributed by atoms with Gasteiger partial charge in [0.05, 0.1) is 0 Å². The zero-order chi connectivity index (χ0) is 15.2. The summed E-state index contributed by atoms with van der Waals surface area (Å²) in [4.78, 5) is 14.4. The minimum absolute atomic E-state index is 0.0961. The van der Waals surface area contributed by atoms with E-state index in [1.54, 1.807) is 12.1 Å². The van der Waals surface area contributed by atoms with Gasteiger partial charge in [-0.25, -0.2) is 0 Å². The van der Waals surface area contributed by atoms with Gasteiger partial charge in [0.1, 0.15) is 0 Å². The standard InChI is InChI=1S/C17H29N3O/c1-4-7-15-13-20(16(12-18-15)14(2)3)11-10-19-9-6-5-8-17(19)21/h5-6,8-9,14-16,18H,4,7,10-13H2,1-3H3. The summed E-state index contributed by atoms with van der Waals surface area (Å²) in [6, 6.07) is 6.53. The van der Waals surface area contributed by atoms with Crippen LogP contribution in [-0.2, 0) is 6.54 Å². The molecule has 1 aliphatic heterocycles. The van der Waals surface area contributed by atoms with Gasteiger partial charge >= 0.3 is 0 Å². The number of hydrogen-bond donors (Lipinski definition) is 1. The van der Waals surface area contributed by atoms with Crippen molar-refractivity contribution >= 4 is 0 Å². The Morgan fingerprint density at radius 1 is 1.33 bits per heavy atom. The Hall–Kier alpha value is -1.13. The van der Waals surface area contributed by atoms with Crippen LogP contribution in [0.5, 0.6) is 0 Å². The van der Waals surface area contributed by atoms with Crippen molar-refractivity contribution < 1.29 is 0 Å². The molecule has 2 rings (SSSR count). The van der Waals surface area contributed by atoms with Crippen LogP contribution in [0.15, 0.2) is 29.2 Å². The maximum atomic E-state index is 11.8. The lowest BCUT2D eigenvalue weighted by Crippen LogP contribution is -2.58. The molecule has 0 amide bonds. The van der Waals surface area contributed by atoms with E-state index in [4.69, 9.17) is 0 Å². The maximum Gasteiger partial charge on any atom is 0.250 e. The third kappa shape index (κ3) is 4.42. The normalized spacial score (nSPS) is 23.6. The first-order valence-corrected chi connectivity index (χ1v) is 8.24. The van der Waals surface area contributed by atoms with Gasteiger partial charge in [0.25, 0.3) is 5.56 Å². The number of nitrogens with one attached hydrogen (secondary N) is 1. The lowest BCUT2D eigenvalue weighted by Gasteiger charge is -2.42. The van der Waals surface area contributed by atoms with E-state index in [0.717, 1.165) is 26.2 Å². The number of aromatic nitrogens is 1. The van der Waals surface area contributed by atoms with Crippen molar-refractivity contribution in [3.8, 4) is 0 Å². The Morgan fingerprint density at radius 2 is 2.14 bits per heavy atom. The highest BCUT2D eigenvalue weighted by molar-refractivity contribution is 4.94. The molecule has 2 atom stereocenters. The van der Waals surface area contributed by atoms with Gasteiger partial charge in [0, 0.05) is 50.5 Å². The third-order valence-electron chi connectivity index (χ3n) is 4.47. The van der Waals surface area contributed by atoms with Crippen LogP contribution in [-0.4, -0.2) is 41.2 Å². The van der Waals surface area contributed by atoms with Crippen molar-refractivity contribution in [3.63, 3.8) is 0 Å². The second kappa shape index (κ2) is 7.76. The second-order valence-electron chi connectivity index (χ2n) is 6.43. The molecule has 2 unspecified atom stereocenters. The van der Waals surface area contributed by atoms with Crippen LogP contribution >= 0.6 is 0 Å². The lowest BCUT2D eigenvalue weighted by molar-refractivity contribution is 0.0916. The quantitative estimate of drug-likeness (QED) is 0.870. The molecular weight excluding hydrogens is 262 g/mol. The monoisotopic (exact) mass is 291 g/mol. The Kier molecular flexibility index (Phi) is 6.00. The average Bonchev–Trinajstić information content (AvgIpc) is 2.46. The van der Waals surface area contributed by atoms with E-state index < -0.39 is 0 Å². The topological polar surface area (TPSA) is 37.3 Å². The van der Waals surface area contributed by atoms with Gasteiger partial charge in [-0.3, -0.25) is 9.69 Å². The molecule has 0 bridgehead atoms. The van der Waals surface area contributed by atoms with Crippen molar-refractivity contribution in [2.45, 2.75) is 52.2 Å². The van der Waals surface area contributed by atoms with Gasteiger partial charge < -0.3 is 9.88 Å². The molecule has 1 aromatic rings. The Morgan fingerprint density at radius 3 is 2.81 bits per heavy atom. The molecule has 1 aromatic heterocycles. The van der Waals surface area contributed by atoms with E-state index in [1.165, 1.54) is 12.8 Å². The molecule has 0 spiro atoms. The van der Waals surface area contributed by atoms with Crippen LogP contribution in [0.3, 0.4) is 0 Å². The first-order valence-electron chi connectivity index (χ1n) is 8.24. The molecule has 1 fully saturated rings. The van der Waals surface area contributed by atoms with Crippen molar-refractivity contribution in [2.75, 3.05) is 19.6 Å². The number of pyridine rings is 1. The molecule has 0 saturated carbocycles.